The Bertz CT molecular complexity index is 1340. The molecule has 3 aliphatic heterocycles. The summed E-state index contributed by atoms with van der Waals surface area (Å²) in [4.78, 5) is 41.0. The Kier molecular flexibility index (Phi) is 5.65. The molecule has 0 spiro atoms. The fraction of sp³-hybridized carbons (Fsp3) is 0.370. The predicted molar refractivity (Wildman–Crippen MR) is 132 cm³/mol. The Balaban J connectivity index is 1.18. The largest absolute Gasteiger partial charge is 0.322 e. The molecule has 4 heterocycles. The highest BCUT2D eigenvalue weighted by molar-refractivity contribution is 7.17. The minimum absolute atomic E-state index is 0.171. The topological polar surface area (TPSA) is 69.7 Å². The van der Waals surface area contributed by atoms with Crippen LogP contribution < -0.4 is 5.32 Å². The van der Waals surface area contributed by atoms with Crippen LogP contribution in [0.5, 0.6) is 0 Å². The zero-order valence-corrected chi connectivity index (χ0v) is 20.1. The van der Waals surface area contributed by atoms with E-state index >= 15 is 0 Å². The van der Waals surface area contributed by atoms with Gasteiger partial charge in [0.1, 0.15) is 11.9 Å². The first-order valence-electron chi connectivity index (χ1n) is 12.1. The molecule has 3 aromatic rings. The third-order valence-electron chi connectivity index (χ3n) is 7.64. The molecule has 1 N–H and O–H groups in total. The number of carbonyl (C=O) groups excluding carboxylic acids is 3. The Morgan fingerprint density at radius 1 is 1.06 bits per heavy atom. The lowest BCUT2D eigenvalue weighted by Gasteiger charge is -2.33. The van der Waals surface area contributed by atoms with Crippen molar-refractivity contribution in [3.63, 3.8) is 0 Å². The van der Waals surface area contributed by atoms with E-state index in [1.807, 2.05) is 0 Å². The zero-order chi connectivity index (χ0) is 24.1. The summed E-state index contributed by atoms with van der Waals surface area (Å²) < 4.78 is 15.9. The summed E-state index contributed by atoms with van der Waals surface area (Å²) in [5, 5.41) is 5.88. The molecule has 1 atom stereocenters. The van der Waals surface area contributed by atoms with Gasteiger partial charge in [0.2, 0.25) is 11.8 Å². The third kappa shape index (κ3) is 4.04. The van der Waals surface area contributed by atoms with Crippen molar-refractivity contribution in [1.82, 2.24) is 15.1 Å². The smallest absolute Gasteiger partial charge is 0.255 e. The van der Waals surface area contributed by atoms with Crippen LogP contribution in [0.3, 0.4) is 0 Å². The van der Waals surface area contributed by atoms with Crippen LogP contribution in [0.1, 0.15) is 58.6 Å². The Morgan fingerprint density at radius 2 is 1.86 bits per heavy atom. The van der Waals surface area contributed by atoms with Gasteiger partial charge in [-0.1, -0.05) is 18.2 Å². The fourth-order valence-electron chi connectivity index (χ4n) is 5.82. The molecule has 6 nitrogen and oxygen atoms in total. The lowest BCUT2D eigenvalue weighted by molar-refractivity contribution is -0.136. The number of piperidine rings is 2. The number of benzene rings is 2. The molecule has 3 aliphatic rings. The number of nitrogens with one attached hydrogen (secondary N) is 1. The normalized spacial score (nSPS) is 21.6. The highest BCUT2D eigenvalue weighted by atomic mass is 32.1. The van der Waals surface area contributed by atoms with Gasteiger partial charge >= 0.3 is 0 Å². The highest BCUT2D eigenvalue weighted by Gasteiger charge is 2.41. The number of thiophene rings is 1. The number of rotatable bonds is 4. The van der Waals surface area contributed by atoms with Gasteiger partial charge in [0, 0.05) is 29.8 Å². The Labute approximate surface area is 206 Å². The van der Waals surface area contributed by atoms with E-state index in [0.717, 1.165) is 43.6 Å². The third-order valence-corrected chi connectivity index (χ3v) is 8.65. The molecule has 3 amide bonds. The standard InChI is InChI=1S/C27H26FN3O3S/c28-18-11-20(22-14-31(27(34)21(22)12-18)23-5-6-25(32)29-26(23)33)16-7-9-30(10-8-16)13-17-15-35-24-4-2-1-3-19(17)24/h1-4,11-12,15-16,23H,5-10,13-14H2,(H,29,32,33). The average molecular weight is 492 g/mol. The van der Waals surface area contributed by atoms with Crippen molar-refractivity contribution < 1.29 is 18.8 Å². The van der Waals surface area contributed by atoms with E-state index in [-0.39, 0.29) is 30.7 Å². The molecule has 35 heavy (non-hydrogen) atoms. The van der Waals surface area contributed by atoms with Crippen molar-refractivity contribution in [1.29, 1.82) is 0 Å². The lowest BCUT2D eigenvalue weighted by atomic mass is 9.85. The van der Waals surface area contributed by atoms with Crippen molar-refractivity contribution in [2.24, 2.45) is 0 Å². The maximum absolute atomic E-state index is 14.6. The maximum atomic E-state index is 14.6. The maximum Gasteiger partial charge on any atom is 0.255 e. The van der Waals surface area contributed by atoms with E-state index < -0.39 is 17.8 Å². The molecule has 0 radical (unpaired) electrons. The fourth-order valence-corrected chi connectivity index (χ4v) is 6.77. The van der Waals surface area contributed by atoms with Gasteiger partial charge in [-0.2, -0.15) is 0 Å². The monoisotopic (exact) mass is 491 g/mol. The number of fused-ring (bicyclic) bond motifs is 2. The lowest BCUT2D eigenvalue weighted by Crippen LogP contribution is -2.52. The summed E-state index contributed by atoms with van der Waals surface area (Å²) in [5.74, 6) is -1.33. The quantitative estimate of drug-likeness (QED) is 0.556. The molecule has 0 aliphatic carbocycles. The number of amides is 3. The summed E-state index contributed by atoms with van der Waals surface area (Å²) in [7, 11) is 0. The second-order valence-electron chi connectivity index (χ2n) is 9.73. The van der Waals surface area contributed by atoms with Crippen molar-refractivity contribution in [2.45, 2.75) is 50.7 Å². The number of likely N-dealkylation sites (tertiary alicyclic amines) is 1. The van der Waals surface area contributed by atoms with Crippen LogP contribution in [-0.2, 0) is 22.7 Å². The van der Waals surface area contributed by atoms with Crippen LogP contribution in [0.2, 0.25) is 0 Å². The molecule has 8 heteroatoms. The molecule has 2 fully saturated rings. The minimum Gasteiger partial charge on any atom is -0.322 e. The number of nitrogens with zero attached hydrogens (tertiary/aromatic N) is 2. The molecule has 0 saturated carbocycles. The molecular formula is C27H26FN3O3S. The molecule has 6 rings (SSSR count). The van der Waals surface area contributed by atoms with E-state index in [0.29, 0.717) is 12.0 Å². The Morgan fingerprint density at radius 3 is 2.66 bits per heavy atom. The van der Waals surface area contributed by atoms with Gasteiger partial charge in [0.15, 0.2) is 0 Å². The average Bonchev–Trinajstić information content (AvgIpc) is 3.40. The molecule has 1 unspecified atom stereocenters. The Hall–Kier alpha value is -3.10. The van der Waals surface area contributed by atoms with Gasteiger partial charge in [-0.05, 0) is 83.9 Å². The van der Waals surface area contributed by atoms with Gasteiger partial charge < -0.3 is 4.90 Å². The number of hydrogen-bond donors (Lipinski definition) is 1. The van der Waals surface area contributed by atoms with Crippen molar-refractivity contribution >= 4 is 39.1 Å². The van der Waals surface area contributed by atoms with Gasteiger partial charge in [-0.15, -0.1) is 11.3 Å². The van der Waals surface area contributed by atoms with E-state index in [1.165, 1.54) is 26.6 Å². The number of hydrogen-bond acceptors (Lipinski definition) is 5. The van der Waals surface area contributed by atoms with E-state index in [9.17, 15) is 18.8 Å². The van der Waals surface area contributed by atoms with Crippen molar-refractivity contribution in [3.8, 4) is 0 Å². The molecular weight excluding hydrogens is 465 g/mol. The number of carbonyl (C=O) groups is 3. The summed E-state index contributed by atoms with van der Waals surface area (Å²) >= 11 is 1.78. The summed E-state index contributed by atoms with van der Waals surface area (Å²) in [5.41, 5.74) is 3.44. The first-order chi connectivity index (χ1) is 17.0. The van der Waals surface area contributed by atoms with Crippen LogP contribution in [0.4, 0.5) is 4.39 Å². The van der Waals surface area contributed by atoms with E-state index in [1.54, 1.807) is 17.4 Å². The van der Waals surface area contributed by atoms with Crippen molar-refractivity contribution in [3.05, 3.63) is 69.8 Å². The van der Waals surface area contributed by atoms with Crippen LogP contribution in [0.15, 0.2) is 41.8 Å². The molecule has 2 aromatic carbocycles. The summed E-state index contributed by atoms with van der Waals surface area (Å²) in [6.07, 6.45) is 2.29. The van der Waals surface area contributed by atoms with E-state index in [2.05, 4.69) is 39.9 Å². The second-order valence-corrected chi connectivity index (χ2v) is 10.6. The van der Waals surface area contributed by atoms with Crippen LogP contribution in [-0.4, -0.2) is 46.7 Å². The number of imide groups is 1. The molecule has 1 aromatic heterocycles. The molecule has 2 saturated heterocycles. The SMILES string of the molecule is O=C1CCC(N2Cc3c(cc(F)cc3C3CCN(Cc4csc5ccccc45)CC3)C2=O)C(=O)N1. The van der Waals surface area contributed by atoms with E-state index in [4.69, 9.17) is 0 Å². The highest BCUT2D eigenvalue weighted by Crippen LogP contribution is 2.38. The summed E-state index contributed by atoms with van der Waals surface area (Å²) in [6.45, 7) is 3.01. The first kappa shape index (κ1) is 22.4. The van der Waals surface area contributed by atoms with Gasteiger partial charge in [0.05, 0.1) is 0 Å². The number of halogens is 1. The van der Waals surface area contributed by atoms with Crippen LogP contribution >= 0.6 is 11.3 Å². The zero-order valence-electron chi connectivity index (χ0n) is 19.3. The van der Waals surface area contributed by atoms with Crippen LogP contribution in [0, 0.1) is 5.82 Å². The molecule has 180 valence electrons. The van der Waals surface area contributed by atoms with Gasteiger partial charge in [-0.3, -0.25) is 24.6 Å². The predicted octanol–water partition coefficient (Wildman–Crippen LogP) is 4.18. The second kappa shape index (κ2) is 8.84. The summed E-state index contributed by atoms with van der Waals surface area (Å²) in [6, 6.07) is 10.7. The van der Waals surface area contributed by atoms with Gasteiger partial charge in [-0.25, -0.2) is 4.39 Å². The van der Waals surface area contributed by atoms with Crippen molar-refractivity contribution in [2.75, 3.05) is 13.1 Å². The first-order valence-corrected chi connectivity index (χ1v) is 13.0. The minimum atomic E-state index is -0.689. The van der Waals surface area contributed by atoms with Crippen LogP contribution in [0.25, 0.3) is 10.1 Å². The van der Waals surface area contributed by atoms with Gasteiger partial charge in [0.25, 0.3) is 5.91 Å². The molecule has 0 bridgehead atoms.